The maximum Gasteiger partial charge on any atom is 0.233 e. The molecule has 0 saturated carbocycles. The summed E-state index contributed by atoms with van der Waals surface area (Å²) >= 11 is 1.40. The predicted octanol–water partition coefficient (Wildman–Crippen LogP) is 3.95. The zero-order valence-electron chi connectivity index (χ0n) is 17.9. The van der Waals surface area contributed by atoms with Crippen LogP contribution in [-0.4, -0.2) is 56.1 Å². The van der Waals surface area contributed by atoms with Crippen LogP contribution in [0.15, 0.2) is 58.4 Å². The average Bonchev–Trinajstić information content (AvgIpc) is 3.60. The van der Waals surface area contributed by atoms with Gasteiger partial charge in [0.05, 0.1) is 31.2 Å². The third kappa shape index (κ3) is 4.31. The molecule has 1 N–H and O–H groups in total. The van der Waals surface area contributed by atoms with Gasteiger partial charge >= 0.3 is 0 Å². The van der Waals surface area contributed by atoms with Crippen LogP contribution in [0, 0.1) is 0 Å². The van der Waals surface area contributed by atoms with E-state index in [4.69, 9.17) is 9.15 Å². The van der Waals surface area contributed by atoms with E-state index in [1.807, 2.05) is 36.5 Å². The number of nitrogens with one attached hydrogen (secondary N) is 1. The highest BCUT2D eigenvalue weighted by molar-refractivity contribution is 7.99. The molecule has 4 heterocycles. The molecule has 1 unspecified atom stereocenters. The maximum absolute atomic E-state index is 12.7. The molecule has 4 aromatic rings. The summed E-state index contributed by atoms with van der Waals surface area (Å²) in [6.07, 6.45) is 5.79. The van der Waals surface area contributed by atoms with Crippen molar-refractivity contribution < 1.29 is 13.9 Å². The molecule has 32 heavy (non-hydrogen) atoms. The summed E-state index contributed by atoms with van der Waals surface area (Å²) in [5, 5.41) is 10.8. The summed E-state index contributed by atoms with van der Waals surface area (Å²) in [6.45, 7) is 1.89. The van der Waals surface area contributed by atoms with Crippen molar-refractivity contribution in [2.24, 2.45) is 0 Å². The lowest BCUT2D eigenvalue weighted by atomic mass is 10.1. The van der Waals surface area contributed by atoms with Crippen molar-refractivity contribution in [3.05, 3.63) is 54.6 Å². The summed E-state index contributed by atoms with van der Waals surface area (Å²) in [6, 6.07) is 11.8. The molecule has 9 heteroatoms. The fourth-order valence-corrected chi connectivity index (χ4v) is 4.86. The predicted molar refractivity (Wildman–Crippen MR) is 122 cm³/mol. The van der Waals surface area contributed by atoms with E-state index in [1.165, 1.54) is 11.8 Å². The first-order valence-corrected chi connectivity index (χ1v) is 11.7. The molecular weight excluding hydrogens is 426 g/mol. The van der Waals surface area contributed by atoms with Gasteiger partial charge in [0.2, 0.25) is 5.91 Å². The second-order valence-electron chi connectivity index (χ2n) is 7.92. The molecule has 0 bridgehead atoms. The van der Waals surface area contributed by atoms with E-state index < -0.39 is 0 Å². The van der Waals surface area contributed by atoms with Crippen molar-refractivity contribution in [3.63, 3.8) is 0 Å². The highest BCUT2D eigenvalue weighted by Crippen LogP contribution is 2.31. The number of aromatic amines is 1. The van der Waals surface area contributed by atoms with Gasteiger partial charge in [-0.1, -0.05) is 30.0 Å². The Morgan fingerprint density at radius 1 is 1.28 bits per heavy atom. The molecule has 1 saturated heterocycles. The quantitative estimate of drug-likeness (QED) is 0.408. The summed E-state index contributed by atoms with van der Waals surface area (Å²) < 4.78 is 13.3. The van der Waals surface area contributed by atoms with E-state index in [-0.39, 0.29) is 17.8 Å². The van der Waals surface area contributed by atoms with E-state index in [2.05, 4.69) is 25.8 Å². The number of fused-ring (bicyclic) bond motifs is 1. The lowest BCUT2D eigenvalue weighted by molar-refractivity contribution is -0.127. The van der Waals surface area contributed by atoms with Crippen molar-refractivity contribution >= 4 is 28.6 Å². The van der Waals surface area contributed by atoms with Gasteiger partial charge in [0.15, 0.2) is 11.0 Å². The van der Waals surface area contributed by atoms with Crippen LogP contribution < -0.4 is 0 Å². The Morgan fingerprint density at radius 3 is 3.00 bits per heavy atom. The van der Waals surface area contributed by atoms with Gasteiger partial charge < -0.3 is 19.0 Å². The second-order valence-corrected chi connectivity index (χ2v) is 8.86. The third-order valence-electron chi connectivity index (χ3n) is 5.68. The molecule has 1 aliphatic rings. The lowest BCUT2D eigenvalue weighted by Gasteiger charge is -2.16. The first kappa shape index (κ1) is 20.8. The van der Waals surface area contributed by atoms with Crippen LogP contribution in [-0.2, 0) is 22.6 Å². The molecule has 1 aromatic carbocycles. The van der Waals surface area contributed by atoms with Crippen LogP contribution in [0.25, 0.3) is 22.3 Å². The number of aromatic nitrogens is 4. The molecule has 3 aromatic heterocycles. The number of thioether (sulfide) groups is 1. The highest BCUT2D eigenvalue weighted by atomic mass is 32.2. The zero-order chi connectivity index (χ0) is 21.9. The number of carbonyl (C=O) groups excluding carboxylic acids is 1. The lowest BCUT2D eigenvalue weighted by Crippen LogP contribution is -2.27. The van der Waals surface area contributed by atoms with Crippen LogP contribution in [0.2, 0.25) is 0 Å². The molecule has 1 amide bonds. The molecule has 8 nitrogen and oxygen atoms in total. The Hall–Kier alpha value is -3.04. The number of nitrogens with zero attached hydrogens (tertiary/aromatic N) is 4. The number of rotatable bonds is 8. The Labute approximate surface area is 189 Å². The van der Waals surface area contributed by atoms with E-state index in [0.717, 1.165) is 52.7 Å². The maximum atomic E-state index is 12.7. The smallest absolute Gasteiger partial charge is 0.233 e. The number of para-hydroxylation sites is 1. The van der Waals surface area contributed by atoms with Crippen molar-refractivity contribution in [3.8, 4) is 11.4 Å². The van der Waals surface area contributed by atoms with Crippen molar-refractivity contribution in [2.75, 3.05) is 19.4 Å². The van der Waals surface area contributed by atoms with E-state index in [1.54, 1.807) is 18.2 Å². The third-order valence-corrected chi connectivity index (χ3v) is 6.63. The van der Waals surface area contributed by atoms with Crippen molar-refractivity contribution in [1.82, 2.24) is 24.6 Å². The topological polar surface area (TPSA) is 89.2 Å². The van der Waals surface area contributed by atoms with Crippen LogP contribution in [0.1, 0.15) is 18.6 Å². The molecule has 1 fully saturated rings. The minimum atomic E-state index is 0.00621. The minimum absolute atomic E-state index is 0.00621. The molecule has 1 atom stereocenters. The number of ether oxygens (including phenoxy) is 1. The van der Waals surface area contributed by atoms with Gasteiger partial charge in [-0.3, -0.25) is 9.36 Å². The van der Waals surface area contributed by atoms with Gasteiger partial charge in [0.25, 0.3) is 0 Å². The summed E-state index contributed by atoms with van der Waals surface area (Å²) in [5.74, 6) is 1.83. The van der Waals surface area contributed by atoms with Crippen molar-refractivity contribution in [2.45, 2.75) is 37.2 Å². The van der Waals surface area contributed by atoms with Crippen LogP contribution in [0.4, 0.5) is 0 Å². The number of H-pyrrole nitrogens is 1. The Kier molecular flexibility index (Phi) is 6.00. The fraction of sp³-hybridized carbons (Fsp3) is 0.348. The molecule has 0 radical (unpaired) electrons. The number of carbonyl (C=O) groups is 1. The van der Waals surface area contributed by atoms with Crippen LogP contribution in [0.3, 0.4) is 0 Å². The Balaban J connectivity index is 1.37. The average molecular weight is 452 g/mol. The normalized spacial score (nSPS) is 16.1. The first-order valence-electron chi connectivity index (χ1n) is 10.7. The molecule has 0 aliphatic carbocycles. The fourth-order valence-electron chi connectivity index (χ4n) is 3.97. The zero-order valence-corrected chi connectivity index (χ0v) is 18.7. The number of furan rings is 1. The van der Waals surface area contributed by atoms with Gasteiger partial charge in [-0.05, 0) is 31.0 Å². The van der Waals surface area contributed by atoms with Gasteiger partial charge in [0.1, 0.15) is 5.76 Å². The number of hydrogen-bond donors (Lipinski definition) is 1. The molecular formula is C23H25N5O3S. The number of hydrogen-bond acceptors (Lipinski definition) is 6. The standard InChI is InChI=1S/C23H25N5O3S/c1-27(13-16-6-4-10-30-16)21(29)15-32-23-26-25-22(28(23)14-17-7-5-11-31-17)19-12-24-20-9-3-2-8-18(19)20/h2-4,6,8-10,12,17,24H,5,7,11,13-15H2,1H3. The highest BCUT2D eigenvalue weighted by Gasteiger charge is 2.24. The SMILES string of the molecule is CN(Cc1ccco1)C(=O)CSc1nnc(-c2c[nH]c3ccccc23)n1CC1CCCO1. The summed E-state index contributed by atoms with van der Waals surface area (Å²) in [7, 11) is 1.78. The first-order chi connectivity index (χ1) is 15.7. The molecule has 5 rings (SSSR count). The van der Waals surface area contributed by atoms with Gasteiger partial charge in [-0.2, -0.15) is 0 Å². The second kappa shape index (κ2) is 9.22. The van der Waals surface area contributed by atoms with Gasteiger partial charge in [0, 0.05) is 36.3 Å². The van der Waals surface area contributed by atoms with E-state index >= 15 is 0 Å². The molecule has 166 valence electrons. The van der Waals surface area contributed by atoms with E-state index in [0.29, 0.717) is 13.1 Å². The van der Waals surface area contributed by atoms with Crippen LogP contribution >= 0.6 is 11.8 Å². The number of benzene rings is 1. The molecule has 0 spiro atoms. The van der Waals surface area contributed by atoms with Crippen molar-refractivity contribution in [1.29, 1.82) is 0 Å². The summed E-state index contributed by atoms with van der Waals surface area (Å²) in [4.78, 5) is 17.7. The Morgan fingerprint density at radius 2 is 2.19 bits per heavy atom. The monoisotopic (exact) mass is 451 g/mol. The van der Waals surface area contributed by atoms with Gasteiger partial charge in [-0.25, -0.2) is 0 Å². The van der Waals surface area contributed by atoms with Gasteiger partial charge in [-0.15, -0.1) is 10.2 Å². The summed E-state index contributed by atoms with van der Waals surface area (Å²) in [5.41, 5.74) is 2.05. The largest absolute Gasteiger partial charge is 0.467 e. The van der Waals surface area contributed by atoms with Crippen LogP contribution in [0.5, 0.6) is 0 Å². The van der Waals surface area contributed by atoms with E-state index in [9.17, 15) is 4.79 Å². The minimum Gasteiger partial charge on any atom is -0.467 e. The molecule has 1 aliphatic heterocycles. The number of amides is 1. The Bertz CT molecular complexity index is 1190.